The molecule has 0 bridgehead atoms. The van der Waals surface area contributed by atoms with E-state index < -0.39 is 0 Å². The first-order chi connectivity index (χ1) is 7.52. The summed E-state index contributed by atoms with van der Waals surface area (Å²) in [5.41, 5.74) is 2.34. The fourth-order valence-electron chi connectivity index (χ4n) is 1.40. The van der Waals surface area contributed by atoms with Gasteiger partial charge in [-0.3, -0.25) is 0 Å². The molecule has 1 nitrogen and oxygen atoms in total. The molecule has 16 heavy (non-hydrogen) atoms. The van der Waals surface area contributed by atoms with Crippen molar-refractivity contribution in [3.05, 3.63) is 45.5 Å². The van der Waals surface area contributed by atoms with E-state index in [-0.39, 0.29) is 6.04 Å². The molecule has 3 heteroatoms. The number of hydrogen-bond donors (Lipinski definition) is 1. The average molecular weight is 258 g/mol. The highest BCUT2D eigenvalue weighted by molar-refractivity contribution is 6.42. The van der Waals surface area contributed by atoms with Crippen LogP contribution in [-0.4, -0.2) is 6.54 Å². The van der Waals surface area contributed by atoms with Gasteiger partial charge in [0.15, 0.2) is 0 Å². The Labute approximate surface area is 107 Å². The summed E-state index contributed by atoms with van der Waals surface area (Å²) in [6.07, 6.45) is 2.15. The van der Waals surface area contributed by atoms with E-state index in [1.165, 1.54) is 5.57 Å². The van der Waals surface area contributed by atoms with Crippen molar-refractivity contribution in [3.63, 3.8) is 0 Å². The van der Waals surface area contributed by atoms with Gasteiger partial charge < -0.3 is 5.32 Å². The van der Waals surface area contributed by atoms with Crippen molar-refractivity contribution in [3.8, 4) is 0 Å². The lowest BCUT2D eigenvalue weighted by Gasteiger charge is -2.15. The van der Waals surface area contributed by atoms with Gasteiger partial charge in [-0.2, -0.15) is 0 Å². The van der Waals surface area contributed by atoms with E-state index in [0.717, 1.165) is 12.1 Å². The first-order valence-electron chi connectivity index (χ1n) is 5.33. The van der Waals surface area contributed by atoms with Crippen molar-refractivity contribution in [2.24, 2.45) is 0 Å². The summed E-state index contributed by atoms with van der Waals surface area (Å²) in [5.74, 6) is 0. The van der Waals surface area contributed by atoms with Gasteiger partial charge >= 0.3 is 0 Å². The van der Waals surface area contributed by atoms with Gasteiger partial charge in [-0.05, 0) is 32.4 Å². The average Bonchev–Trinajstić information content (AvgIpc) is 2.21. The Kier molecular flexibility index (Phi) is 5.33. The number of nitrogens with one attached hydrogen (secondary N) is 1. The molecule has 0 heterocycles. The van der Waals surface area contributed by atoms with Crippen LogP contribution in [0.5, 0.6) is 0 Å². The van der Waals surface area contributed by atoms with Crippen LogP contribution in [-0.2, 0) is 0 Å². The van der Waals surface area contributed by atoms with E-state index in [2.05, 4.69) is 32.2 Å². The van der Waals surface area contributed by atoms with Gasteiger partial charge in [-0.25, -0.2) is 0 Å². The second-order valence-corrected chi connectivity index (χ2v) is 4.84. The van der Waals surface area contributed by atoms with Crippen molar-refractivity contribution < 1.29 is 0 Å². The highest BCUT2D eigenvalue weighted by atomic mass is 35.5. The molecule has 0 aliphatic carbocycles. The van der Waals surface area contributed by atoms with E-state index >= 15 is 0 Å². The highest BCUT2D eigenvalue weighted by Gasteiger charge is 2.10. The van der Waals surface area contributed by atoms with E-state index in [9.17, 15) is 0 Å². The van der Waals surface area contributed by atoms with E-state index in [0.29, 0.717) is 10.0 Å². The van der Waals surface area contributed by atoms with Crippen LogP contribution >= 0.6 is 23.2 Å². The third kappa shape index (κ3) is 3.82. The van der Waals surface area contributed by atoms with Crippen molar-refractivity contribution in [2.45, 2.75) is 26.8 Å². The van der Waals surface area contributed by atoms with Gasteiger partial charge in [0, 0.05) is 12.6 Å². The van der Waals surface area contributed by atoms with Gasteiger partial charge in [0.1, 0.15) is 0 Å². The van der Waals surface area contributed by atoms with E-state index in [1.54, 1.807) is 6.07 Å². The van der Waals surface area contributed by atoms with Crippen LogP contribution in [0, 0.1) is 0 Å². The zero-order valence-corrected chi connectivity index (χ0v) is 11.4. The number of allylic oxidation sites excluding steroid dienone is 1. The second-order valence-electron chi connectivity index (χ2n) is 4.05. The third-order valence-corrected chi connectivity index (χ3v) is 3.22. The minimum absolute atomic E-state index is 0.196. The Hall–Kier alpha value is -0.500. The standard InChI is InChI=1S/C13H17Cl2N/c1-9(2)7-8-16-10(3)11-5-4-6-12(14)13(11)15/h4-7,10,16H,8H2,1-3H3. The van der Waals surface area contributed by atoms with Crippen LogP contribution < -0.4 is 5.32 Å². The maximum Gasteiger partial charge on any atom is 0.0639 e. The molecule has 0 amide bonds. The lowest BCUT2D eigenvalue weighted by Crippen LogP contribution is -2.19. The Morgan fingerprint density at radius 3 is 2.69 bits per heavy atom. The Morgan fingerprint density at radius 2 is 2.06 bits per heavy atom. The molecule has 0 aromatic heterocycles. The fourth-order valence-corrected chi connectivity index (χ4v) is 1.88. The molecule has 0 saturated carbocycles. The summed E-state index contributed by atoms with van der Waals surface area (Å²) in [6, 6.07) is 5.91. The molecule has 0 fully saturated rings. The van der Waals surface area contributed by atoms with E-state index in [1.807, 2.05) is 12.1 Å². The fraction of sp³-hybridized carbons (Fsp3) is 0.385. The van der Waals surface area contributed by atoms with Gasteiger partial charge in [-0.15, -0.1) is 0 Å². The molecular formula is C13H17Cl2N. The molecule has 88 valence electrons. The van der Waals surface area contributed by atoms with Crippen LogP contribution in [0.1, 0.15) is 32.4 Å². The lowest BCUT2D eigenvalue weighted by atomic mass is 10.1. The second kappa shape index (κ2) is 6.29. The molecule has 1 aromatic rings. The highest BCUT2D eigenvalue weighted by Crippen LogP contribution is 2.29. The molecule has 1 atom stereocenters. The van der Waals surface area contributed by atoms with Gasteiger partial charge in [-0.1, -0.05) is 47.0 Å². The molecule has 1 aromatic carbocycles. The molecule has 0 spiro atoms. The summed E-state index contributed by atoms with van der Waals surface area (Å²) in [4.78, 5) is 0. The van der Waals surface area contributed by atoms with Gasteiger partial charge in [0.05, 0.1) is 10.0 Å². The molecule has 0 saturated heterocycles. The molecule has 0 aliphatic rings. The maximum atomic E-state index is 6.14. The molecule has 1 rings (SSSR count). The Balaban J connectivity index is 2.69. The summed E-state index contributed by atoms with van der Waals surface area (Å²) < 4.78 is 0. The van der Waals surface area contributed by atoms with Gasteiger partial charge in [0.2, 0.25) is 0 Å². The SMILES string of the molecule is CC(C)=CCNC(C)c1cccc(Cl)c1Cl. The minimum atomic E-state index is 0.196. The number of halogens is 2. The van der Waals surface area contributed by atoms with Crippen molar-refractivity contribution in [1.82, 2.24) is 5.32 Å². The number of hydrogen-bond acceptors (Lipinski definition) is 1. The number of benzene rings is 1. The summed E-state index contributed by atoms with van der Waals surface area (Å²) in [6.45, 7) is 7.08. The normalized spacial score (nSPS) is 12.3. The van der Waals surface area contributed by atoms with E-state index in [4.69, 9.17) is 23.2 Å². The van der Waals surface area contributed by atoms with Crippen LogP contribution in [0.25, 0.3) is 0 Å². The van der Waals surface area contributed by atoms with Crippen LogP contribution in [0.3, 0.4) is 0 Å². The quantitative estimate of drug-likeness (QED) is 0.777. The lowest BCUT2D eigenvalue weighted by molar-refractivity contribution is 0.616. The Morgan fingerprint density at radius 1 is 1.38 bits per heavy atom. The predicted molar refractivity (Wildman–Crippen MR) is 72.3 cm³/mol. The predicted octanol–water partition coefficient (Wildman–Crippen LogP) is 4.61. The molecule has 0 aliphatic heterocycles. The molecule has 1 unspecified atom stereocenters. The van der Waals surface area contributed by atoms with Crippen molar-refractivity contribution in [2.75, 3.05) is 6.54 Å². The van der Waals surface area contributed by atoms with Crippen molar-refractivity contribution in [1.29, 1.82) is 0 Å². The first kappa shape index (κ1) is 13.6. The Bertz CT molecular complexity index is 382. The molecule has 1 N–H and O–H groups in total. The number of rotatable bonds is 4. The van der Waals surface area contributed by atoms with Gasteiger partial charge in [0.25, 0.3) is 0 Å². The maximum absolute atomic E-state index is 6.14. The smallest absolute Gasteiger partial charge is 0.0639 e. The molecular weight excluding hydrogens is 241 g/mol. The largest absolute Gasteiger partial charge is 0.307 e. The van der Waals surface area contributed by atoms with Crippen LogP contribution in [0.15, 0.2) is 29.8 Å². The van der Waals surface area contributed by atoms with Crippen molar-refractivity contribution >= 4 is 23.2 Å². The topological polar surface area (TPSA) is 12.0 Å². The minimum Gasteiger partial charge on any atom is -0.307 e. The summed E-state index contributed by atoms with van der Waals surface area (Å²) in [7, 11) is 0. The van der Waals surface area contributed by atoms with Crippen LogP contribution in [0.2, 0.25) is 10.0 Å². The summed E-state index contributed by atoms with van der Waals surface area (Å²) in [5, 5.41) is 4.63. The summed E-state index contributed by atoms with van der Waals surface area (Å²) >= 11 is 12.1. The zero-order valence-electron chi connectivity index (χ0n) is 9.85. The zero-order chi connectivity index (χ0) is 12.1. The monoisotopic (exact) mass is 257 g/mol. The molecule has 0 radical (unpaired) electrons. The third-order valence-electron chi connectivity index (χ3n) is 2.38. The van der Waals surface area contributed by atoms with Crippen LogP contribution in [0.4, 0.5) is 0 Å². The first-order valence-corrected chi connectivity index (χ1v) is 6.08.